The first-order chi connectivity index (χ1) is 21.8. The molecule has 0 fully saturated rings. The molecule has 222 valence electrons. The number of aryl methyl sites for hydroxylation is 2. The predicted octanol–water partition coefficient (Wildman–Crippen LogP) is 6.87. The zero-order valence-electron chi connectivity index (χ0n) is 24.8. The lowest BCUT2D eigenvalue weighted by Gasteiger charge is -2.32. The molecule has 1 unspecified atom stereocenters. The number of amides is 2. The highest BCUT2D eigenvalue weighted by Crippen LogP contribution is 2.55. The Morgan fingerprint density at radius 1 is 0.911 bits per heavy atom. The third kappa shape index (κ3) is 3.83. The number of hydrogen-bond acceptors (Lipinski definition) is 7. The molecule has 6 aromatic rings. The van der Waals surface area contributed by atoms with Crippen molar-refractivity contribution in [2.75, 3.05) is 16.4 Å². The van der Waals surface area contributed by atoms with Gasteiger partial charge in [0.1, 0.15) is 11.3 Å². The molecule has 1 atom stereocenters. The number of aromatic nitrogens is 1. The fraction of sp³-hybridized carbons (Fsp3) is 0.167. The minimum atomic E-state index is -1.82. The van der Waals surface area contributed by atoms with Gasteiger partial charge in [-0.15, -0.1) is 0 Å². The zero-order chi connectivity index (χ0) is 31.0. The lowest BCUT2D eigenvalue weighted by molar-refractivity contribution is -0.121. The lowest BCUT2D eigenvalue weighted by Crippen LogP contribution is -2.53. The fourth-order valence-corrected chi connectivity index (χ4v) is 7.72. The van der Waals surface area contributed by atoms with Gasteiger partial charge in [-0.1, -0.05) is 71.0 Å². The smallest absolute Gasteiger partial charge is 0.297 e. The Morgan fingerprint density at radius 3 is 2.56 bits per heavy atom. The molecule has 4 aromatic carbocycles. The van der Waals surface area contributed by atoms with Crippen LogP contribution < -0.4 is 20.0 Å². The molecule has 0 N–H and O–H groups in total. The van der Waals surface area contributed by atoms with E-state index in [1.165, 1.54) is 16.2 Å². The van der Waals surface area contributed by atoms with Crippen molar-refractivity contribution < 1.29 is 18.7 Å². The van der Waals surface area contributed by atoms with Crippen molar-refractivity contribution >= 4 is 55.2 Å². The molecule has 0 bridgehead atoms. The SMILES string of the molecule is CCOc1ccc2nc(N3C(=O)c4oc5ccc(C)cc5c(=O)c4C34C(=O)N(Cc3cccc(C)c3)c3ccccc34)sc2c1. The van der Waals surface area contributed by atoms with Gasteiger partial charge in [0.15, 0.2) is 16.1 Å². The van der Waals surface area contributed by atoms with Crippen molar-refractivity contribution in [2.24, 2.45) is 0 Å². The largest absolute Gasteiger partial charge is 0.494 e. The van der Waals surface area contributed by atoms with Crippen molar-refractivity contribution in [1.29, 1.82) is 0 Å². The van der Waals surface area contributed by atoms with E-state index >= 15 is 4.79 Å². The van der Waals surface area contributed by atoms with Crippen molar-refractivity contribution in [3.8, 4) is 5.75 Å². The Labute approximate surface area is 262 Å². The molecule has 0 saturated carbocycles. The first-order valence-electron chi connectivity index (χ1n) is 14.7. The van der Waals surface area contributed by atoms with E-state index in [1.807, 2.05) is 93.6 Å². The van der Waals surface area contributed by atoms with Crippen LogP contribution in [0.4, 0.5) is 10.8 Å². The summed E-state index contributed by atoms with van der Waals surface area (Å²) in [6.45, 7) is 6.56. The number of fused-ring (bicyclic) bond motifs is 6. The molecule has 2 aliphatic heterocycles. The number of thiazole rings is 1. The van der Waals surface area contributed by atoms with Gasteiger partial charge in [0.25, 0.3) is 11.8 Å². The summed E-state index contributed by atoms with van der Waals surface area (Å²) in [5.41, 5.74) is 2.73. The van der Waals surface area contributed by atoms with E-state index in [2.05, 4.69) is 0 Å². The van der Waals surface area contributed by atoms with Crippen molar-refractivity contribution in [2.45, 2.75) is 32.9 Å². The minimum absolute atomic E-state index is 0.0176. The zero-order valence-corrected chi connectivity index (χ0v) is 25.6. The third-order valence-corrected chi connectivity index (χ3v) is 9.56. The number of para-hydroxylation sites is 1. The van der Waals surface area contributed by atoms with Gasteiger partial charge in [0.2, 0.25) is 5.76 Å². The molecule has 2 aromatic heterocycles. The molecule has 8 nitrogen and oxygen atoms in total. The first kappa shape index (κ1) is 27.3. The van der Waals surface area contributed by atoms with E-state index < -0.39 is 22.8 Å². The number of carbonyl (C=O) groups excluding carboxylic acids is 2. The van der Waals surface area contributed by atoms with Crippen LogP contribution in [-0.4, -0.2) is 23.4 Å². The fourth-order valence-electron chi connectivity index (χ4n) is 6.67. The van der Waals surface area contributed by atoms with Crippen molar-refractivity contribution in [3.63, 3.8) is 0 Å². The normalized spacial score (nSPS) is 17.1. The van der Waals surface area contributed by atoms with Crippen LogP contribution in [0.2, 0.25) is 0 Å². The van der Waals surface area contributed by atoms with Crippen LogP contribution in [0.3, 0.4) is 0 Å². The molecule has 45 heavy (non-hydrogen) atoms. The van der Waals surface area contributed by atoms with Gasteiger partial charge in [-0.05, 0) is 62.7 Å². The number of anilines is 2. The molecule has 8 rings (SSSR count). The second-order valence-electron chi connectivity index (χ2n) is 11.4. The average molecular weight is 614 g/mol. The summed E-state index contributed by atoms with van der Waals surface area (Å²) < 4.78 is 12.7. The van der Waals surface area contributed by atoms with Crippen LogP contribution in [0.1, 0.15) is 45.3 Å². The maximum absolute atomic E-state index is 15.2. The summed E-state index contributed by atoms with van der Waals surface area (Å²) >= 11 is 1.27. The quantitative estimate of drug-likeness (QED) is 0.211. The number of benzene rings is 4. The first-order valence-corrected chi connectivity index (χ1v) is 15.6. The van der Waals surface area contributed by atoms with Gasteiger partial charge in [-0.3, -0.25) is 19.3 Å². The van der Waals surface area contributed by atoms with Crippen LogP contribution in [-0.2, 0) is 16.9 Å². The molecular formula is C36H27N3O5S. The Morgan fingerprint density at radius 2 is 1.73 bits per heavy atom. The second kappa shape index (κ2) is 9.87. The Balaban J connectivity index is 1.43. The molecule has 9 heteroatoms. The highest BCUT2D eigenvalue weighted by Gasteiger charge is 2.66. The summed E-state index contributed by atoms with van der Waals surface area (Å²) in [5, 5.41) is 0.603. The maximum atomic E-state index is 15.2. The maximum Gasteiger partial charge on any atom is 0.297 e. The van der Waals surface area contributed by atoms with Gasteiger partial charge in [0.05, 0.1) is 40.0 Å². The van der Waals surface area contributed by atoms with Crippen LogP contribution in [0.5, 0.6) is 5.75 Å². The van der Waals surface area contributed by atoms with Gasteiger partial charge in [-0.25, -0.2) is 4.98 Å². The Kier molecular flexibility index (Phi) is 5.98. The summed E-state index contributed by atoms with van der Waals surface area (Å²) in [6, 6.07) is 26.1. The molecular weight excluding hydrogens is 586 g/mol. The van der Waals surface area contributed by atoms with Gasteiger partial charge in [-0.2, -0.15) is 0 Å². The van der Waals surface area contributed by atoms with Crippen molar-refractivity contribution in [1.82, 2.24) is 4.98 Å². The number of carbonyl (C=O) groups is 2. The highest BCUT2D eigenvalue weighted by molar-refractivity contribution is 7.22. The standard InChI is InChI=1S/C36H27N3O5S/c1-4-43-23-13-14-26-29(18-23)45-35(37-26)39-33(41)32-30(31(40)24-17-21(3)12-15-28(24)44-32)36(39)25-10-5-6-11-27(25)38(34(36)42)19-22-9-7-8-20(2)16-22/h5-18H,4,19H2,1-3H3. The van der Waals surface area contributed by atoms with Gasteiger partial charge >= 0.3 is 0 Å². The minimum Gasteiger partial charge on any atom is -0.494 e. The number of nitrogens with zero attached hydrogens (tertiary/aromatic N) is 3. The number of ether oxygens (including phenoxy) is 1. The van der Waals surface area contributed by atoms with Crippen LogP contribution >= 0.6 is 11.3 Å². The number of rotatable bonds is 5. The number of hydrogen-bond donors (Lipinski definition) is 0. The van der Waals surface area contributed by atoms with Gasteiger partial charge < -0.3 is 14.1 Å². The molecule has 0 aliphatic carbocycles. The van der Waals surface area contributed by atoms with Crippen LogP contribution in [0.15, 0.2) is 94.1 Å². The highest BCUT2D eigenvalue weighted by atomic mass is 32.1. The summed E-state index contributed by atoms with van der Waals surface area (Å²) in [5.74, 6) is -0.470. The molecule has 0 saturated heterocycles. The predicted molar refractivity (Wildman–Crippen MR) is 174 cm³/mol. The van der Waals surface area contributed by atoms with E-state index in [0.29, 0.717) is 34.5 Å². The van der Waals surface area contributed by atoms with E-state index in [4.69, 9.17) is 14.1 Å². The molecule has 4 heterocycles. The average Bonchev–Trinajstić information content (AvgIpc) is 3.63. The molecule has 2 amide bonds. The summed E-state index contributed by atoms with van der Waals surface area (Å²) in [4.78, 5) is 52.2. The monoisotopic (exact) mass is 613 g/mol. The summed E-state index contributed by atoms with van der Waals surface area (Å²) in [7, 11) is 0. The van der Waals surface area contributed by atoms with Crippen LogP contribution in [0, 0.1) is 13.8 Å². The topological polar surface area (TPSA) is 93.0 Å². The van der Waals surface area contributed by atoms with E-state index in [0.717, 1.165) is 21.4 Å². The van der Waals surface area contributed by atoms with E-state index in [-0.39, 0.29) is 28.6 Å². The summed E-state index contributed by atoms with van der Waals surface area (Å²) in [6.07, 6.45) is 0. The van der Waals surface area contributed by atoms with E-state index in [9.17, 15) is 9.59 Å². The lowest BCUT2D eigenvalue weighted by atomic mass is 9.84. The van der Waals surface area contributed by atoms with Crippen molar-refractivity contribution in [3.05, 3.63) is 129 Å². The molecule has 2 aliphatic rings. The van der Waals surface area contributed by atoms with Gasteiger partial charge in [0, 0.05) is 5.56 Å². The molecule has 0 radical (unpaired) electrons. The Hall–Kier alpha value is -5.28. The molecule has 1 spiro atoms. The Bertz CT molecular complexity index is 2290. The van der Waals surface area contributed by atoms with Crippen LogP contribution in [0.25, 0.3) is 21.2 Å². The third-order valence-electron chi connectivity index (χ3n) is 8.55. The van der Waals surface area contributed by atoms with E-state index in [1.54, 1.807) is 17.0 Å². The second-order valence-corrected chi connectivity index (χ2v) is 12.5.